The molecule has 0 radical (unpaired) electrons. The first-order valence-corrected chi connectivity index (χ1v) is 5.52. The number of nitrogens with one attached hydrogen (secondary N) is 1. The van der Waals surface area contributed by atoms with Gasteiger partial charge in [0.2, 0.25) is 0 Å². The van der Waals surface area contributed by atoms with Gasteiger partial charge in [0, 0.05) is 39.0 Å². The van der Waals surface area contributed by atoms with Crippen LogP contribution in [-0.2, 0) is 6.42 Å². The van der Waals surface area contributed by atoms with Crippen LogP contribution in [0.15, 0.2) is 17.4 Å². The highest BCUT2D eigenvalue weighted by Gasteiger charge is 2.10. The molecule has 2 heterocycles. The summed E-state index contributed by atoms with van der Waals surface area (Å²) in [6.07, 6.45) is 4.52. The van der Waals surface area contributed by atoms with Crippen molar-refractivity contribution < 1.29 is 0 Å². The summed E-state index contributed by atoms with van der Waals surface area (Å²) in [5.41, 5.74) is 1.09. The number of hydrogen-bond donors (Lipinski definition) is 1. The van der Waals surface area contributed by atoms with Gasteiger partial charge in [0.05, 0.1) is 6.54 Å². The lowest BCUT2D eigenvalue weighted by molar-refractivity contribution is 0.533. The highest BCUT2D eigenvalue weighted by molar-refractivity contribution is 14.0. The van der Waals surface area contributed by atoms with Crippen LogP contribution >= 0.6 is 24.0 Å². The van der Waals surface area contributed by atoms with Gasteiger partial charge in [-0.3, -0.25) is 4.99 Å². The lowest BCUT2D eigenvalue weighted by atomic mass is 10.3. The minimum absolute atomic E-state index is 0. The average molecular weight is 347 g/mol. The van der Waals surface area contributed by atoms with Gasteiger partial charge in [0.15, 0.2) is 5.96 Å². The Morgan fingerprint density at radius 3 is 2.65 bits per heavy atom. The van der Waals surface area contributed by atoms with E-state index >= 15 is 0 Å². The molecule has 94 valence electrons. The minimum atomic E-state index is 0. The number of guanidine groups is 1. The van der Waals surface area contributed by atoms with Crippen molar-refractivity contribution in [2.75, 3.05) is 26.7 Å². The number of halogens is 1. The summed E-state index contributed by atoms with van der Waals surface area (Å²) in [6.45, 7) is 4.71. The van der Waals surface area contributed by atoms with Crippen LogP contribution < -0.4 is 5.32 Å². The van der Waals surface area contributed by atoms with Crippen molar-refractivity contribution in [3.05, 3.63) is 23.8 Å². The maximum atomic E-state index is 4.35. The van der Waals surface area contributed by atoms with Crippen LogP contribution in [0.4, 0.5) is 0 Å². The molecule has 2 rings (SSSR count). The van der Waals surface area contributed by atoms with Gasteiger partial charge >= 0.3 is 0 Å². The van der Waals surface area contributed by atoms with E-state index in [9.17, 15) is 0 Å². The molecule has 1 aromatic heterocycles. The SMILES string of the molecule is Cc1cnc(CCNC2=NCCN2C)nc1.I. The van der Waals surface area contributed by atoms with Crippen molar-refractivity contribution in [3.8, 4) is 0 Å². The first-order chi connectivity index (χ1) is 7.75. The van der Waals surface area contributed by atoms with Gasteiger partial charge in [0.1, 0.15) is 5.82 Å². The third kappa shape index (κ3) is 4.10. The number of likely N-dealkylation sites (N-methyl/N-ethyl adjacent to an activating group) is 1. The lowest BCUT2D eigenvalue weighted by Gasteiger charge is -2.14. The molecule has 0 bridgehead atoms. The standard InChI is InChI=1S/C11H17N5.HI/c1-9-7-14-10(15-8-9)3-4-12-11-13-5-6-16(11)2;/h7-8H,3-6H2,1-2H3,(H,12,13);1H. The number of aryl methyl sites for hydroxylation is 1. The second-order valence-corrected chi connectivity index (χ2v) is 3.98. The van der Waals surface area contributed by atoms with Crippen molar-refractivity contribution >= 4 is 29.9 Å². The molecule has 0 saturated carbocycles. The molecule has 0 aromatic carbocycles. The van der Waals surface area contributed by atoms with Gasteiger partial charge in [-0.25, -0.2) is 9.97 Å². The van der Waals surface area contributed by atoms with E-state index < -0.39 is 0 Å². The number of aromatic nitrogens is 2. The maximum absolute atomic E-state index is 4.35. The minimum Gasteiger partial charge on any atom is -0.356 e. The van der Waals surface area contributed by atoms with Gasteiger partial charge in [-0.1, -0.05) is 0 Å². The van der Waals surface area contributed by atoms with Crippen molar-refractivity contribution in [1.82, 2.24) is 20.2 Å². The molecule has 6 heteroatoms. The van der Waals surface area contributed by atoms with E-state index in [-0.39, 0.29) is 24.0 Å². The van der Waals surface area contributed by atoms with Gasteiger partial charge in [0.25, 0.3) is 0 Å². The van der Waals surface area contributed by atoms with E-state index in [1.165, 1.54) is 0 Å². The second kappa shape index (κ2) is 6.73. The first kappa shape index (κ1) is 14.1. The number of rotatable bonds is 3. The van der Waals surface area contributed by atoms with Gasteiger partial charge in [-0.2, -0.15) is 0 Å². The van der Waals surface area contributed by atoms with E-state index in [0.29, 0.717) is 0 Å². The van der Waals surface area contributed by atoms with Gasteiger partial charge in [-0.15, -0.1) is 24.0 Å². The molecule has 0 unspecified atom stereocenters. The largest absolute Gasteiger partial charge is 0.356 e. The van der Waals surface area contributed by atoms with E-state index in [0.717, 1.165) is 43.4 Å². The summed E-state index contributed by atoms with van der Waals surface area (Å²) < 4.78 is 0. The van der Waals surface area contributed by atoms with Crippen molar-refractivity contribution in [3.63, 3.8) is 0 Å². The molecule has 1 aromatic rings. The van der Waals surface area contributed by atoms with Gasteiger partial charge < -0.3 is 10.2 Å². The molecule has 0 spiro atoms. The Morgan fingerprint density at radius 2 is 2.06 bits per heavy atom. The molecular weight excluding hydrogens is 329 g/mol. The second-order valence-electron chi connectivity index (χ2n) is 3.98. The fraction of sp³-hybridized carbons (Fsp3) is 0.545. The number of hydrogen-bond acceptors (Lipinski definition) is 5. The fourth-order valence-corrected chi connectivity index (χ4v) is 1.56. The molecule has 1 aliphatic heterocycles. The Labute approximate surface area is 119 Å². The smallest absolute Gasteiger partial charge is 0.193 e. The summed E-state index contributed by atoms with van der Waals surface area (Å²) in [4.78, 5) is 15.0. The monoisotopic (exact) mass is 347 g/mol. The lowest BCUT2D eigenvalue weighted by Crippen LogP contribution is -2.36. The first-order valence-electron chi connectivity index (χ1n) is 5.52. The number of nitrogens with zero attached hydrogens (tertiary/aromatic N) is 4. The Balaban J connectivity index is 0.00000144. The summed E-state index contributed by atoms with van der Waals surface area (Å²) in [5, 5.41) is 3.29. The van der Waals surface area contributed by atoms with E-state index in [1.54, 1.807) is 0 Å². The molecule has 17 heavy (non-hydrogen) atoms. The third-order valence-electron chi connectivity index (χ3n) is 2.52. The van der Waals surface area contributed by atoms with Crippen LogP contribution in [0, 0.1) is 6.92 Å². The Morgan fingerprint density at radius 1 is 1.35 bits per heavy atom. The Hall–Kier alpha value is -0.920. The van der Waals surface area contributed by atoms with Crippen LogP contribution in [0.2, 0.25) is 0 Å². The molecule has 0 atom stereocenters. The van der Waals surface area contributed by atoms with Crippen LogP contribution in [0.3, 0.4) is 0 Å². The highest BCUT2D eigenvalue weighted by atomic mass is 127. The van der Waals surface area contributed by atoms with E-state index in [4.69, 9.17) is 0 Å². The predicted molar refractivity (Wildman–Crippen MR) is 78.8 cm³/mol. The zero-order valence-electron chi connectivity index (χ0n) is 10.2. The third-order valence-corrected chi connectivity index (χ3v) is 2.52. The predicted octanol–water partition coefficient (Wildman–Crippen LogP) is 0.837. The summed E-state index contributed by atoms with van der Waals surface area (Å²) in [6, 6.07) is 0. The summed E-state index contributed by atoms with van der Waals surface area (Å²) in [5.74, 6) is 1.85. The molecule has 0 saturated heterocycles. The fourth-order valence-electron chi connectivity index (χ4n) is 1.56. The normalized spacial score (nSPS) is 14.2. The molecule has 0 amide bonds. The van der Waals surface area contributed by atoms with Crippen molar-refractivity contribution in [2.24, 2.45) is 4.99 Å². The van der Waals surface area contributed by atoms with Crippen molar-refractivity contribution in [1.29, 1.82) is 0 Å². The summed E-state index contributed by atoms with van der Waals surface area (Å²) in [7, 11) is 2.04. The van der Waals surface area contributed by atoms with E-state index in [2.05, 4.69) is 25.2 Å². The van der Waals surface area contributed by atoms with Gasteiger partial charge in [-0.05, 0) is 12.5 Å². The average Bonchev–Trinajstić information content (AvgIpc) is 2.68. The molecule has 1 aliphatic rings. The quantitative estimate of drug-likeness (QED) is 0.824. The topological polar surface area (TPSA) is 53.4 Å². The van der Waals surface area contributed by atoms with Crippen molar-refractivity contribution in [2.45, 2.75) is 13.3 Å². The number of aliphatic imine (C=N–C) groups is 1. The molecule has 0 aliphatic carbocycles. The zero-order chi connectivity index (χ0) is 11.4. The van der Waals surface area contributed by atoms with Crippen LogP contribution in [-0.4, -0.2) is 47.5 Å². The van der Waals surface area contributed by atoms with Crippen LogP contribution in [0.1, 0.15) is 11.4 Å². The van der Waals surface area contributed by atoms with Crippen LogP contribution in [0.25, 0.3) is 0 Å². The molecule has 5 nitrogen and oxygen atoms in total. The summed E-state index contributed by atoms with van der Waals surface area (Å²) >= 11 is 0. The zero-order valence-corrected chi connectivity index (χ0v) is 12.5. The molecular formula is C11H18IN5. The highest BCUT2D eigenvalue weighted by Crippen LogP contribution is 1.96. The van der Waals surface area contributed by atoms with Crippen LogP contribution in [0.5, 0.6) is 0 Å². The Kier molecular flexibility index (Phi) is 5.60. The molecule has 0 fully saturated rings. The Bertz CT molecular complexity index is 376. The van der Waals surface area contributed by atoms with E-state index in [1.807, 2.05) is 26.4 Å². The molecule has 1 N–H and O–H groups in total. The maximum Gasteiger partial charge on any atom is 0.193 e.